The van der Waals surface area contributed by atoms with E-state index in [0.29, 0.717) is 35.1 Å². The first kappa shape index (κ1) is 18.5. The van der Waals surface area contributed by atoms with E-state index in [1.807, 2.05) is 18.2 Å². The standard InChI is InChI=1S/C19H29ClN4O/c1-13-16(14(2)23-22-13)8-9-21-19(25)17-12-15(6-7-18(17)20)24-10-4-3-5-11-24/h6-7,12-14,16,22-23H,3-5,8-11H2,1-2H3,(H,21,25). The number of carbonyl (C=O) groups excluding carboxylic acids is 1. The van der Waals surface area contributed by atoms with E-state index in [1.165, 1.54) is 19.3 Å². The molecule has 5 nitrogen and oxygen atoms in total. The lowest BCUT2D eigenvalue weighted by molar-refractivity contribution is 0.0951. The number of rotatable bonds is 5. The molecule has 0 aliphatic carbocycles. The zero-order valence-corrected chi connectivity index (χ0v) is 15.9. The molecular formula is C19H29ClN4O. The smallest absolute Gasteiger partial charge is 0.252 e. The molecular weight excluding hydrogens is 336 g/mol. The van der Waals surface area contributed by atoms with Crippen molar-refractivity contribution in [2.24, 2.45) is 5.92 Å². The second-order valence-electron chi connectivity index (χ2n) is 7.29. The van der Waals surface area contributed by atoms with Gasteiger partial charge in [0.05, 0.1) is 10.6 Å². The summed E-state index contributed by atoms with van der Waals surface area (Å²) in [7, 11) is 0. The van der Waals surface area contributed by atoms with E-state index in [-0.39, 0.29) is 5.91 Å². The van der Waals surface area contributed by atoms with Crippen molar-refractivity contribution in [2.75, 3.05) is 24.5 Å². The monoisotopic (exact) mass is 364 g/mol. The first-order valence-corrected chi connectivity index (χ1v) is 9.78. The Morgan fingerprint density at radius 2 is 1.88 bits per heavy atom. The zero-order chi connectivity index (χ0) is 17.8. The van der Waals surface area contributed by atoms with Crippen molar-refractivity contribution in [1.29, 1.82) is 0 Å². The summed E-state index contributed by atoms with van der Waals surface area (Å²) in [6.45, 7) is 7.11. The molecule has 1 amide bonds. The largest absolute Gasteiger partial charge is 0.372 e. The highest BCUT2D eigenvalue weighted by Gasteiger charge is 2.29. The SMILES string of the molecule is CC1NNC(C)C1CCNC(=O)c1cc(N2CCCCC2)ccc1Cl. The van der Waals surface area contributed by atoms with E-state index in [1.54, 1.807) is 0 Å². The molecule has 2 saturated heterocycles. The Kier molecular flexibility index (Phi) is 6.20. The number of benzene rings is 1. The highest BCUT2D eigenvalue weighted by atomic mass is 35.5. The van der Waals surface area contributed by atoms with Crippen molar-refractivity contribution in [3.63, 3.8) is 0 Å². The lowest BCUT2D eigenvalue weighted by Gasteiger charge is -2.29. The molecule has 0 bridgehead atoms. The molecule has 2 heterocycles. The molecule has 0 saturated carbocycles. The third kappa shape index (κ3) is 4.46. The molecule has 2 fully saturated rings. The van der Waals surface area contributed by atoms with Crippen LogP contribution in [0.3, 0.4) is 0 Å². The first-order chi connectivity index (χ1) is 12.1. The minimum absolute atomic E-state index is 0.0805. The van der Waals surface area contributed by atoms with Crippen molar-refractivity contribution in [3.05, 3.63) is 28.8 Å². The number of amides is 1. The van der Waals surface area contributed by atoms with Crippen LogP contribution in [0.1, 0.15) is 49.9 Å². The zero-order valence-electron chi connectivity index (χ0n) is 15.1. The molecule has 6 heteroatoms. The van der Waals surface area contributed by atoms with Crippen LogP contribution in [0, 0.1) is 5.92 Å². The summed E-state index contributed by atoms with van der Waals surface area (Å²) in [5.74, 6) is 0.429. The molecule has 0 aromatic heterocycles. The fourth-order valence-electron chi connectivity index (χ4n) is 3.89. The van der Waals surface area contributed by atoms with Gasteiger partial charge in [0.25, 0.3) is 5.91 Å². The predicted octanol–water partition coefficient (Wildman–Crippen LogP) is 2.95. The van der Waals surface area contributed by atoms with Gasteiger partial charge in [-0.2, -0.15) is 0 Å². The maximum absolute atomic E-state index is 12.6. The fraction of sp³-hybridized carbons (Fsp3) is 0.632. The van der Waals surface area contributed by atoms with Gasteiger partial charge >= 0.3 is 0 Å². The topological polar surface area (TPSA) is 56.4 Å². The van der Waals surface area contributed by atoms with Gasteiger partial charge in [-0.3, -0.25) is 15.6 Å². The Morgan fingerprint density at radius 1 is 1.20 bits per heavy atom. The number of nitrogens with one attached hydrogen (secondary N) is 3. The van der Waals surface area contributed by atoms with Crippen LogP contribution in [0.5, 0.6) is 0 Å². The summed E-state index contributed by atoms with van der Waals surface area (Å²) in [5, 5.41) is 3.56. The molecule has 2 aliphatic rings. The van der Waals surface area contributed by atoms with Crippen LogP contribution in [0.2, 0.25) is 5.02 Å². The number of halogens is 1. The lowest BCUT2D eigenvalue weighted by Crippen LogP contribution is -2.32. The number of carbonyl (C=O) groups is 1. The number of piperidine rings is 1. The van der Waals surface area contributed by atoms with Gasteiger partial charge in [0.15, 0.2) is 0 Å². The van der Waals surface area contributed by atoms with Gasteiger partial charge in [0.2, 0.25) is 0 Å². The van der Waals surface area contributed by atoms with Gasteiger partial charge in [-0.1, -0.05) is 11.6 Å². The molecule has 2 unspecified atom stereocenters. The third-order valence-corrected chi connectivity index (χ3v) is 5.83. The molecule has 1 aromatic carbocycles. The van der Waals surface area contributed by atoms with Gasteiger partial charge in [-0.25, -0.2) is 0 Å². The molecule has 0 spiro atoms. The fourth-order valence-corrected chi connectivity index (χ4v) is 4.10. The molecule has 2 aliphatic heterocycles. The molecule has 0 radical (unpaired) electrons. The van der Waals surface area contributed by atoms with Crippen molar-refractivity contribution in [1.82, 2.24) is 16.2 Å². The molecule has 3 rings (SSSR count). The van der Waals surface area contributed by atoms with Crippen LogP contribution < -0.4 is 21.1 Å². The highest BCUT2D eigenvalue weighted by Crippen LogP contribution is 2.26. The average molecular weight is 365 g/mol. The lowest BCUT2D eigenvalue weighted by atomic mass is 9.93. The minimum Gasteiger partial charge on any atom is -0.372 e. The van der Waals surface area contributed by atoms with Crippen LogP contribution in [0.25, 0.3) is 0 Å². The molecule has 3 N–H and O–H groups in total. The van der Waals surface area contributed by atoms with E-state index >= 15 is 0 Å². The number of hydrazine groups is 1. The van der Waals surface area contributed by atoms with Crippen molar-refractivity contribution < 1.29 is 4.79 Å². The molecule has 1 aromatic rings. The van der Waals surface area contributed by atoms with Gasteiger partial charge in [-0.05, 0) is 63.6 Å². The molecule has 2 atom stereocenters. The number of hydrogen-bond acceptors (Lipinski definition) is 4. The van der Waals surface area contributed by atoms with Crippen LogP contribution in [-0.4, -0.2) is 37.6 Å². The third-order valence-electron chi connectivity index (χ3n) is 5.50. The first-order valence-electron chi connectivity index (χ1n) is 9.40. The van der Waals surface area contributed by atoms with Crippen molar-refractivity contribution in [3.8, 4) is 0 Å². The van der Waals surface area contributed by atoms with Crippen LogP contribution >= 0.6 is 11.6 Å². The Hall–Kier alpha value is -1.30. The summed E-state index contributed by atoms with van der Waals surface area (Å²) in [4.78, 5) is 14.9. The number of hydrogen-bond donors (Lipinski definition) is 3. The van der Waals surface area contributed by atoms with Crippen LogP contribution in [-0.2, 0) is 0 Å². The molecule has 138 valence electrons. The second kappa shape index (κ2) is 8.39. The van der Waals surface area contributed by atoms with Crippen LogP contribution in [0.4, 0.5) is 5.69 Å². The Morgan fingerprint density at radius 3 is 2.56 bits per heavy atom. The number of anilines is 1. The summed E-state index contributed by atoms with van der Waals surface area (Å²) >= 11 is 6.28. The maximum Gasteiger partial charge on any atom is 0.252 e. The van der Waals surface area contributed by atoms with E-state index in [0.717, 1.165) is 25.2 Å². The quantitative estimate of drug-likeness (QED) is 0.751. The Bertz CT molecular complexity index is 593. The summed E-state index contributed by atoms with van der Waals surface area (Å²) in [5.41, 5.74) is 8.18. The van der Waals surface area contributed by atoms with Gasteiger partial charge < -0.3 is 10.2 Å². The van der Waals surface area contributed by atoms with E-state index in [2.05, 4.69) is 34.9 Å². The molecule has 25 heavy (non-hydrogen) atoms. The summed E-state index contributed by atoms with van der Waals surface area (Å²) in [6.07, 6.45) is 4.66. The Balaban J connectivity index is 1.59. The summed E-state index contributed by atoms with van der Waals surface area (Å²) in [6, 6.07) is 6.63. The van der Waals surface area contributed by atoms with Crippen LogP contribution in [0.15, 0.2) is 18.2 Å². The second-order valence-corrected chi connectivity index (χ2v) is 7.69. The van der Waals surface area contributed by atoms with Gasteiger partial charge in [0.1, 0.15) is 0 Å². The average Bonchev–Trinajstić information content (AvgIpc) is 2.94. The van der Waals surface area contributed by atoms with E-state index in [4.69, 9.17) is 11.6 Å². The number of nitrogens with zero attached hydrogens (tertiary/aromatic N) is 1. The maximum atomic E-state index is 12.6. The predicted molar refractivity (Wildman–Crippen MR) is 103 cm³/mol. The van der Waals surface area contributed by atoms with E-state index < -0.39 is 0 Å². The van der Waals surface area contributed by atoms with Crippen molar-refractivity contribution in [2.45, 2.75) is 51.6 Å². The van der Waals surface area contributed by atoms with Gasteiger partial charge in [-0.15, -0.1) is 0 Å². The van der Waals surface area contributed by atoms with E-state index in [9.17, 15) is 4.79 Å². The van der Waals surface area contributed by atoms with Crippen molar-refractivity contribution >= 4 is 23.2 Å². The normalized spacial score (nSPS) is 26.7. The summed E-state index contributed by atoms with van der Waals surface area (Å²) < 4.78 is 0. The highest BCUT2D eigenvalue weighted by molar-refractivity contribution is 6.34. The van der Waals surface area contributed by atoms with Gasteiger partial charge in [0, 0.05) is 37.4 Å². The minimum atomic E-state index is -0.0805. The Labute approximate surface area is 155 Å².